The molecule has 2 unspecified atom stereocenters. The van der Waals surface area contributed by atoms with Crippen LogP contribution in [-0.2, 0) is 19.1 Å². The van der Waals surface area contributed by atoms with Crippen molar-refractivity contribution < 1.29 is 29.3 Å². The van der Waals surface area contributed by atoms with Crippen molar-refractivity contribution >= 4 is 11.9 Å². The Morgan fingerprint density at radius 1 is 0.435 bits per heavy atom. The third kappa shape index (κ3) is 34.2. The smallest absolute Gasteiger partial charge is 0.305 e. The number of aliphatic hydroxyl groups excluding tert-OH is 2. The fraction of sp³-hybridized carbons (Fsp3) is 0.950. The third-order valence-electron chi connectivity index (χ3n) is 9.18. The first-order valence-corrected chi connectivity index (χ1v) is 20.1. The van der Waals surface area contributed by atoms with Crippen molar-refractivity contribution in [2.45, 2.75) is 226 Å². The number of carbonyl (C=O) groups is 2. The third-order valence-corrected chi connectivity index (χ3v) is 9.18. The summed E-state index contributed by atoms with van der Waals surface area (Å²) in [6.45, 7) is 6.99. The Hall–Kier alpha value is -1.14. The van der Waals surface area contributed by atoms with Gasteiger partial charge in [0.2, 0.25) is 0 Å². The lowest BCUT2D eigenvalue weighted by molar-refractivity contribution is -0.148. The van der Waals surface area contributed by atoms with Crippen LogP contribution in [0.25, 0.3) is 0 Å². The van der Waals surface area contributed by atoms with Gasteiger partial charge in [-0.1, -0.05) is 162 Å². The van der Waals surface area contributed by atoms with Gasteiger partial charge < -0.3 is 19.7 Å². The molecule has 2 atom stereocenters. The fourth-order valence-corrected chi connectivity index (χ4v) is 5.98. The van der Waals surface area contributed by atoms with Gasteiger partial charge in [-0.2, -0.15) is 0 Å². The second-order valence-electron chi connectivity index (χ2n) is 14.2. The van der Waals surface area contributed by atoms with E-state index in [0.29, 0.717) is 26.1 Å². The van der Waals surface area contributed by atoms with Crippen molar-refractivity contribution in [2.75, 3.05) is 13.2 Å². The fourth-order valence-electron chi connectivity index (χ4n) is 5.98. The maximum Gasteiger partial charge on any atom is 0.305 e. The molecule has 6 nitrogen and oxygen atoms in total. The van der Waals surface area contributed by atoms with Gasteiger partial charge in [0.25, 0.3) is 0 Å². The van der Waals surface area contributed by atoms with Crippen LogP contribution in [0, 0.1) is 5.92 Å². The van der Waals surface area contributed by atoms with Crippen molar-refractivity contribution in [3.8, 4) is 0 Å². The van der Waals surface area contributed by atoms with Crippen LogP contribution in [0.5, 0.6) is 0 Å². The average molecular weight is 655 g/mol. The van der Waals surface area contributed by atoms with Gasteiger partial charge in [-0.15, -0.1) is 0 Å². The molecule has 0 aromatic carbocycles. The molecule has 6 heteroatoms. The molecule has 2 N–H and O–H groups in total. The molecule has 46 heavy (non-hydrogen) atoms. The van der Waals surface area contributed by atoms with Gasteiger partial charge in [0.05, 0.1) is 25.4 Å². The minimum atomic E-state index is -0.151. The predicted molar refractivity (Wildman–Crippen MR) is 193 cm³/mol. The van der Waals surface area contributed by atoms with E-state index in [4.69, 9.17) is 9.47 Å². The molecule has 0 heterocycles. The van der Waals surface area contributed by atoms with Crippen molar-refractivity contribution in [1.82, 2.24) is 0 Å². The zero-order chi connectivity index (χ0) is 33.9. The quantitative estimate of drug-likeness (QED) is 0.0516. The zero-order valence-electron chi connectivity index (χ0n) is 30.9. The van der Waals surface area contributed by atoms with Gasteiger partial charge in [0, 0.05) is 18.8 Å². The van der Waals surface area contributed by atoms with Gasteiger partial charge >= 0.3 is 11.9 Å². The molecule has 0 aliphatic rings. The van der Waals surface area contributed by atoms with Crippen LogP contribution in [0.3, 0.4) is 0 Å². The molecule has 0 radical (unpaired) electrons. The van der Waals surface area contributed by atoms with Crippen LogP contribution >= 0.6 is 0 Å². The van der Waals surface area contributed by atoms with E-state index in [1.807, 2.05) is 6.92 Å². The number of hydrogen-bond acceptors (Lipinski definition) is 6. The highest BCUT2D eigenvalue weighted by molar-refractivity contribution is 5.69. The number of esters is 2. The highest BCUT2D eigenvalue weighted by Crippen LogP contribution is 2.16. The van der Waals surface area contributed by atoms with Gasteiger partial charge in [0.1, 0.15) is 0 Å². The predicted octanol–water partition coefficient (Wildman–Crippen LogP) is 11.2. The first kappa shape index (κ1) is 44.9. The molecule has 274 valence electrons. The highest BCUT2D eigenvalue weighted by atomic mass is 16.5. The van der Waals surface area contributed by atoms with Gasteiger partial charge in [-0.3, -0.25) is 9.59 Å². The number of ether oxygens (including phenoxy) is 2. The van der Waals surface area contributed by atoms with E-state index < -0.39 is 0 Å². The summed E-state index contributed by atoms with van der Waals surface area (Å²) in [7, 11) is 0. The second kappa shape index (κ2) is 35.2. The lowest BCUT2D eigenvalue weighted by atomic mass is 10.0. The Balaban J connectivity index is 3.46. The molecule has 0 fully saturated rings. The molecule has 0 spiro atoms. The molecular formula is C40H78O6. The Bertz CT molecular complexity index is 600. The van der Waals surface area contributed by atoms with E-state index in [1.165, 1.54) is 89.9 Å². The molecule has 0 aliphatic carbocycles. The van der Waals surface area contributed by atoms with Gasteiger partial charge in [-0.25, -0.2) is 0 Å². The van der Waals surface area contributed by atoms with Crippen LogP contribution in [-0.4, -0.2) is 47.6 Å². The first-order chi connectivity index (χ1) is 22.4. The number of carbonyl (C=O) groups excluding carboxylic acids is 2. The summed E-state index contributed by atoms with van der Waals surface area (Å²) in [4.78, 5) is 24.1. The SMILES string of the molecule is CCCCCCC(O)CCCCCCCCCCC(=O)OCC(C)COC(=O)CCCCCCCCCCC(O)CCCCCC. The molecule has 0 saturated carbocycles. The number of unbranched alkanes of at least 4 members (excludes halogenated alkanes) is 20. The van der Waals surface area contributed by atoms with Crippen molar-refractivity contribution in [3.05, 3.63) is 0 Å². The largest absolute Gasteiger partial charge is 0.465 e. The average Bonchev–Trinajstić information content (AvgIpc) is 3.04. The van der Waals surface area contributed by atoms with Crippen LogP contribution in [0.4, 0.5) is 0 Å². The van der Waals surface area contributed by atoms with E-state index in [-0.39, 0.29) is 30.1 Å². The number of aliphatic hydroxyl groups is 2. The lowest BCUT2D eigenvalue weighted by Crippen LogP contribution is -2.18. The monoisotopic (exact) mass is 655 g/mol. The molecule has 0 aromatic heterocycles. The number of hydrogen-bond donors (Lipinski definition) is 2. The van der Waals surface area contributed by atoms with Crippen molar-refractivity contribution in [2.24, 2.45) is 5.92 Å². The first-order valence-electron chi connectivity index (χ1n) is 20.1. The maximum atomic E-state index is 12.1. The summed E-state index contributed by atoms with van der Waals surface area (Å²) >= 11 is 0. The van der Waals surface area contributed by atoms with Crippen LogP contribution < -0.4 is 0 Å². The van der Waals surface area contributed by atoms with E-state index in [0.717, 1.165) is 89.9 Å². The van der Waals surface area contributed by atoms with E-state index in [1.54, 1.807) is 0 Å². The molecule has 0 saturated heterocycles. The molecule has 0 aliphatic heterocycles. The molecule has 0 bridgehead atoms. The van der Waals surface area contributed by atoms with E-state index >= 15 is 0 Å². The van der Waals surface area contributed by atoms with E-state index in [2.05, 4.69) is 13.8 Å². The summed E-state index contributed by atoms with van der Waals surface area (Å²) in [6.07, 6.45) is 32.6. The molecular weight excluding hydrogens is 576 g/mol. The molecule has 0 amide bonds. The highest BCUT2D eigenvalue weighted by Gasteiger charge is 2.11. The Labute approximate surface area is 285 Å². The van der Waals surface area contributed by atoms with Crippen LogP contribution in [0.1, 0.15) is 213 Å². The Kier molecular flexibility index (Phi) is 34.3. The van der Waals surface area contributed by atoms with Gasteiger partial charge in [-0.05, 0) is 38.5 Å². The lowest BCUT2D eigenvalue weighted by Gasteiger charge is -2.13. The summed E-state index contributed by atoms with van der Waals surface area (Å²) in [6, 6.07) is 0. The minimum absolute atomic E-state index is 0.0113. The topological polar surface area (TPSA) is 93.1 Å². The maximum absolute atomic E-state index is 12.1. The normalized spacial score (nSPS) is 13.4. The summed E-state index contributed by atoms with van der Waals surface area (Å²) in [5, 5.41) is 20.1. The second-order valence-corrected chi connectivity index (χ2v) is 14.2. The Morgan fingerprint density at radius 2 is 0.696 bits per heavy atom. The summed E-state index contributed by atoms with van der Waals surface area (Å²) in [5.74, 6) is -0.291. The van der Waals surface area contributed by atoms with E-state index in [9.17, 15) is 19.8 Å². The summed E-state index contributed by atoms with van der Waals surface area (Å²) in [5.41, 5.74) is 0. The minimum Gasteiger partial charge on any atom is -0.465 e. The van der Waals surface area contributed by atoms with Crippen molar-refractivity contribution in [1.29, 1.82) is 0 Å². The zero-order valence-corrected chi connectivity index (χ0v) is 30.9. The van der Waals surface area contributed by atoms with Gasteiger partial charge in [0.15, 0.2) is 0 Å². The standard InChI is InChI=1S/C40H78O6/c1-4-6-8-22-28-37(41)30-24-18-14-10-12-16-20-26-32-39(43)45-34-36(3)35-46-40(44)33-27-21-17-13-11-15-19-25-31-38(42)29-23-9-7-5-2/h36-38,41-42H,4-35H2,1-3H3. The van der Waals surface area contributed by atoms with Crippen LogP contribution in [0.15, 0.2) is 0 Å². The molecule has 0 rings (SSSR count). The van der Waals surface area contributed by atoms with Crippen LogP contribution in [0.2, 0.25) is 0 Å². The Morgan fingerprint density at radius 3 is 1.00 bits per heavy atom. The van der Waals surface area contributed by atoms with Crippen molar-refractivity contribution in [3.63, 3.8) is 0 Å². The molecule has 0 aromatic rings. The number of rotatable bonds is 36. The summed E-state index contributed by atoms with van der Waals surface area (Å²) < 4.78 is 10.8.